The number of nitrogens with zero attached hydrogens (tertiary/aromatic N) is 1. The zero-order chi connectivity index (χ0) is 16.5. The molecule has 2 heteroatoms. The summed E-state index contributed by atoms with van der Waals surface area (Å²) in [6.07, 6.45) is 1.82. The van der Waals surface area contributed by atoms with Gasteiger partial charge in [0.25, 0.3) is 0 Å². The van der Waals surface area contributed by atoms with Gasteiger partial charge in [0.2, 0.25) is 0 Å². The van der Waals surface area contributed by atoms with Gasteiger partial charge < -0.3 is 5.32 Å². The van der Waals surface area contributed by atoms with Crippen LogP contribution in [0.3, 0.4) is 0 Å². The lowest BCUT2D eigenvalue weighted by Gasteiger charge is -2.05. The van der Waals surface area contributed by atoms with E-state index in [9.17, 15) is 0 Å². The van der Waals surface area contributed by atoms with Crippen molar-refractivity contribution >= 4 is 5.82 Å². The van der Waals surface area contributed by atoms with Crippen molar-refractivity contribution in [2.45, 2.75) is 55.0 Å². The number of aryl methyl sites for hydroxylation is 1. The molecular weight excluding hydrogens is 256 g/mol. The number of anilines is 1. The van der Waals surface area contributed by atoms with Crippen molar-refractivity contribution in [2.75, 3.05) is 5.32 Å². The summed E-state index contributed by atoms with van der Waals surface area (Å²) < 4.78 is 0. The maximum atomic E-state index is 4.24. The third kappa shape index (κ3) is 10.6. The zero-order valence-corrected chi connectivity index (χ0v) is 14.8. The van der Waals surface area contributed by atoms with Crippen LogP contribution < -0.4 is 5.32 Å². The van der Waals surface area contributed by atoms with Crippen LogP contribution >= 0.6 is 0 Å². The minimum atomic E-state index is 0.817. The molecule has 1 aromatic carbocycles. The van der Waals surface area contributed by atoms with Crippen LogP contribution in [0.1, 0.15) is 52.7 Å². The molecule has 0 bridgehead atoms. The highest BCUT2D eigenvalue weighted by atomic mass is 15.0. The average Bonchev–Trinajstić information content (AvgIpc) is 2.59. The van der Waals surface area contributed by atoms with Crippen LogP contribution in [0.2, 0.25) is 0 Å². The van der Waals surface area contributed by atoms with Gasteiger partial charge in [0.05, 0.1) is 0 Å². The summed E-state index contributed by atoms with van der Waals surface area (Å²) in [4.78, 5) is 4.24. The van der Waals surface area contributed by atoms with E-state index in [1.165, 1.54) is 11.1 Å². The van der Waals surface area contributed by atoms with Gasteiger partial charge >= 0.3 is 0 Å². The van der Waals surface area contributed by atoms with E-state index in [1.807, 2.05) is 78.1 Å². The standard InChI is InChI=1S/C13H14N2.3C2H6/c1-11-7-8-14-13(9-11)15-10-12-5-3-2-4-6-12;3*1-2/h2-9H,10H2,1H3,(H,14,15);3*1-2H3. The van der Waals surface area contributed by atoms with Crippen LogP contribution in [-0.4, -0.2) is 4.98 Å². The highest BCUT2D eigenvalue weighted by Crippen LogP contribution is 2.07. The first-order valence-corrected chi connectivity index (χ1v) is 8.05. The molecule has 1 N–H and O–H groups in total. The third-order valence-electron chi connectivity index (χ3n) is 2.23. The van der Waals surface area contributed by atoms with Crippen molar-refractivity contribution in [3.8, 4) is 0 Å². The lowest BCUT2D eigenvalue weighted by molar-refractivity contribution is 1.11. The molecule has 0 amide bonds. The second-order valence-corrected chi connectivity index (χ2v) is 3.56. The number of hydrogen-bond acceptors (Lipinski definition) is 2. The van der Waals surface area contributed by atoms with Gasteiger partial charge in [-0.25, -0.2) is 4.98 Å². The molecule has 2 rings (SSSR count). The third-order valence-corrected chi connectivity index (χ3v) is 2.23. The van der Waals surface area contributed by atoms with Crippen LogP contribution in [0.25, 0.3) is 0 Å². The Balaban J connectivity index is 0. The molecular formula is C19H32N2. The molecule has 0 saturated carbocycles. The van der Waals surface area contributed by atoms with Crippen molar-refractivity contribution in [1.82, 2.24) is 4.98 Å². The average molecular weight is 288 g/mol. The number of rotatable bonds is 3. The van der Waals surface area contributed by atoms with E-state index in [2.05, 4.69) is 29.4 Å². The summed E-state index contributed by atoms with van der Waals surface area (Å²) in [7, 11) is 0. The molecule has 0 aliphatic carbocycles. The summed E-state index contributed by atoms with van der Waals surface area (Å²) in [5, 5.41) is 3.29. The molecule has 0 aliphatic rings. The van der Waals surface area contributed by atoms with Gasteiger partial charge in [-0.05, 0) is 30.2 Å². The Kier molecular flexibility index (Phi) is 16.6. The van der Waals surface area contributed by atoms with Crippen LogP contribution in [0.5, 0.6) is 0 Å². The van der Waals surface area contributed by atoms with Gasteiger partial charge in [0, 0.05) is 12.7 Å². The van der Waals surface area contributed by atoms with Crippen LogP contribution in [-0.2, 0) is 6.54 Å². The minimum Gasteiger partial charge on any atom is -0.366 e. The van der Waals surface area contributed by atoms with E-state index in [0.29, 0.717) is 0 Å². The summed E-state index contributed by atoms with van der Waals surface area (Å²) in [5.41, 5.74) is 2.49. The molecule has 0 unspecified atom stereocenters. The van der Waals surface area contributed by atoms with E-state index >= 15 is 0 Å². The van der Waals surface area contributed by atoms with E-state index in [-0.39, 0.29) is 0 Å². The topological polar surface area (TPSA) is 24.9 Å². The molecule has 0 saturated heterocycles. The lowest BCUT2D eigenvalue weighted by atomic mass is 10.2. The maximum absolute atomic E-state index is 4.24. The van der Waals surface area contributed by atoms with E-state index in [4.69, 9.17) is 0 Å². The summed E-state index contributed by atoms with van der Waals surface area (Å²) in [6, 6.07) is 14.3. The molecule has 0 radical (unpaired) electrons. The predicted molar refractivity (Wildman–Crippen MR) is 96.8 cm³/mol. The highest BCUT2D eigenvalue weighted by molar-refractivity contribution is 5.37. The number of nitrogens with one attached hydrogen (secondary N) is 1. The lowest BCUT2D eigenvalue weighted by Crippen LogP contribution is -2.00. The Hall–Kier alpha value is -1.83. The van der Waals surface area contributed by atoms with Crippen LogP contribution in [0, 0.1) is 6.92 Å². The number of aromatic nitrogens is 1. The molecule has 2 nitrogen and oxygen atoms in total. The van der Waals surface area contributed by atoms with Gasteiger partial charge in [-0.3, -0.25) is 0 Å². The monoisotopic (exact) mass is 288 g/mol. The molecule has 1 aromatic heterocycles. The molecule has 1 heterocycles. The fourth-order valence-corrected chi connectivity index (χ4v) is 1.42. The van der Waals surface area contributed by atoms with Gasteiger partial charge in [-0.2, -0.15) is 0 Å². The van der Waals surface area contributed by atoms with Crippen molar-refractivity contribution in [3.05, 3.63) is 59.8 Å². The van der Waals surface area contributed by atoms with E-state index in [0.717, 1.165) is 12.4 Å². The Bertz CT molecular complexity index is 425. The smallest absolute Gasteiger partial charge is 0.126 e. The number of benzene rings is 1. The molecule has 0 fully saturated rings. The molecule has 21 heavy (non-hydrogen) atoms. The van der Waals surface area contributed by atoms with E-state index < -0.39 is 0 Å². The van der Waals surface area contributed by atoms with Crippen molar-refractivity contribution in [1.29, 1.82) is 0 Å². The Morgan fingerprint density at radius 2 is 1.43 bits per heavy atom. The number of pyridine rings is 1. The first kappa shape index (κ1) is 21.5. The van der Waals surface area contributed by atoms with Crippen molar-refractivity contribution in [2.24, 2.45) is 0 Å². The molecule has 0 spiro atoms. The normalized spacial score (nSPS) is 7.95. The second-order valence-electron chi connectivity index (χ2n) is 3.56. The van der Waals surface area contributed by atoms with Crippen molar-refractivity contribution < 1.29 is 0 Å². The molecule has 0 atom stereocenters. The van der Waals surface area contributed by atoms with Gasteiger partial charge in [0.1, 0.15) is 5.82 Å². The largest absolute Gasteiger partial charge is 0.366 e. The first-order chi connectivity index (χ1) is 10.3. The second kappa shape index (κ2) is 16.2. The minimum absolute atomic E-state index is 0.817. The van der Waals surface area contributed by atoms with E-state index in [1.54, 1.807) is 0 Å². The Morgan fingerprint density at radius 3 is 1.95 bits per heavy atom. The van der Waals surface area contributed by atoms with Gasteiger partial charge in [0.15, 0.2) is 0 Å². The summed E-state index contributed by atoms with van der Waals surface area (Å²) in [6.45, 7) is 14.9. The summed E-state index contributed by atoms with van der Waals surface area (Å²) in [5.74, 6) is 0.929. The Morgan fingerprint density at radius 1 is 0.857 bits per heavy atom. The summed E-state index contributed by atoms with van der Waals surface area (Å²) >= 11 is 0. The quantitative estimate of drug-likeness (QED) is 0.740. The van der Waals surface area contributed by atoms with Crippen LogP contribution in [0.15, 0.2) is 48.7 Å². The fraction of sp³-hybridized carbons (Fsp3) is 0.421. The number of hydrogen-bond donors (Lipinski definition) is 1. The van der Waals surface area contributed by atoms with Gasteiger partial charge in [-0.1, -0.05) is 71.9 Å². The first-order valence-electron chi connectivity index (χ1n) is 8.05. The maximum Gasteiger partial charge on any atom is 0.126 e. The molecule has 2 aromatic rings. The SMILES string of the molecule is CC.CC.CC.Cc1ccnc(NCc2ccccc2)c1. The molecule has 0 aliphatic heterocycles. The van der Waals surface area contributed by atoms with Crippen LogP contribution in [0.4, 0.5) is 5.82 Å². The molecule has 118 valence electrons. The fourth-order valence-electron chi connectivity index (χ4n) is 1.42. The predicted octanol–water partition coefficient (Wildman–Crippen LogP) is 6.08. The van der Waals surface area contributed by atoms with Crippen molar-refractivity contribution in [3.63, 3.8) is 0 Å². The zero-order valence-electron chi connectivity index (χ0n) is 14.8. The van der Waals surface area contributed by atoms with Gasteiger partial charge in [-0.15, -0.1) is 0 Å². The Labute approximate surface area is 131 Å². The highest BCUT2D eigenvalue weighted by Gasteiger charge is 1.94.